The molecule has 2 rings (SSSR count). The highest BCUT2D eigenvalue weighted by Gasteiger charge is 2.29. The number of carbonyl (C=O) groups is 1. The van der Waals surface area contributed by atoms with Crippen LogP contribution in [0, 0.1) is 0 Å². The van der Waals surface area contributed by atoms with Gasteiger partial charge in [-0.05, 0) is 0 Å². The molecule has 8 heteroatoms. The highest BCUT2D eigenvalue weighted by atomic mass is 35.5. The molecule has 116 valence electrons. The standard InChI is InChI=1S/C12H19N3O2S.2ClH/c1-7(2)12-15-9(6-18-12)11(16)14-8-4-13-5-10(8)17-3;;/h6-8,10,13H,4-5H2,1-3H3,(H,14,16);2*1H. The number of methoxy groups -OCH3 is 1. The van der Waals surface area contributed by atoms with Crippen molar-refractivity contribution in [3.05, 3.63) is 16.1 Å². The summed E-state index contributed by atoms with van der Waals surface area (Å²) in [7, 11) is 1.66. The zero-order valence-electron chi connectivity index (χ0n) is 11.7. The molecule has 0 radical (unpaired) electrons. The zero-order chi connectivity index (χ0) is 13.1. The second-order valence-corrected chi connectivity index (χ2v) is 5.63. The minimum atomic E-state index is -0.117. The fraction of sp³-hybridized carbons (Fsp3) is 0.667. The zero-order valence-corrected chi connectivity index (χ0v) is 14.2. The van der Waals surface area contributed by atoms with Crippen LogP contribution in [0.3, 0.4) is 0 Å². The molecule has 2 atom stereocenters. The lowest BCUT2D eigenvalue weighted by molar-refractivity contribution is 0.0776. The van der Waals surface area contributed by atoms with Crippen LogP contribution in [0.2, 0.25) is 0 Å². The fourth-order valence-electron chi connectivity index (χ4n) is 1.95. The van der Waals surface area contributed by atoms with Gasteiger partial charge in [-0.15, -0.1) is 36.2 Å². The molecule has 0 spiro atoms. The van der Waals surface area contributed by atoms with Gasteiger partial charge in [0, 0.05) is 31.5 Å². The molecule has 5 nitrogen and oxygen atoms in total. The molecule has 1 fully saturated rings. The molecule has 0 aliphatic carbocycles. The van der Waals surface area contributed by atoms with E-state index in [2.05, 4.69) is 29.5 Å². The highest BCUT2D eigenvalue weighted by Crippen LogP contribution is 2.19. The van der Waals surface area contributed by atoms with Gasteiger partial charge in [0.2, 0.25) is 0 Å². The lowest BCUT2D eigenvalue weighted by Gasteiger charge is -2.17. The number of ether oxygens (including phenoxy) is 1. The van der Waals surface area contributed by atoms with Crippen molar-refractivity contribution in [3.63, 3.8) is 0 Å². The van der Waals surface area contributed by atoms with E-state index in [1.165, 1.54) is 11.3 Å². The second kappa shape index (κ2) is 8.79. The molecule has 1 aromatic rings. The summed E-state index contributed by atoms with van der Waals surface area (Å²) in [5.74, 6) is 0.241. The average Bonchev–Trinajstić information content (AvgIpc) is 2.96. The van der Waals surface area contributed by atoms with Gasteiger partial charge >= 0.3 is 0 Å². The monoisotopic (exact) mass is 341 g/mol. The summed E-state index contributed by atoms with van der Waals surface area (Å²) < 4.78 is 5.31. The fourth-order valence-corrected chi connectivity index (χ4v) is 2.76. The predicted molar refractivity (Wildman–Crippen MR) is 85.6 cm³/mol. The van der Waals surface area contributed by atoms with E-state index in [9.17, 15) is 4.79 Å². The van der Waals surface area contributed by atoms with Crippen LogP contribution in [0.5, 0.6) is 0 Å². The van der Waals surface area contributed by atoms with Gasteiger partial charge in [0.05, 0.1) is 17.2 Å². The number of halogens is 2. The van der Waals surface area contributed by atoms with Gasteiger partial charge in [0.25, 0.3) is 5.91 Å². The summed E-state index contributed by atoms with van der Waals surface area (Å²) in [5.41, 5.74) is 0.505. The van der Waals surface area contributed by atoms with Crippen LogP contribution in [0.1, 0.15) is 35.3 Å². The van der Waals surface area contributed by atoms with Crippen molar-refractivity contribution in [1.29, 1.82) is 0 Å². The Balaban J connectivity index is 0.00000180. The topological polar surface area (TPSA) is 63.2 Å². The number of thiazole rings is 1. The molecule has 1 aliphatic heterocycles. The van der Waals surface area contributed by atoms with E-state index in [0.29, 0.717) is 11.6 Å². The quantitative estimate of drug-likeness (QED) is 0.876. The van der Waals surface area contributed by atoms with Crippen LogP contribution in [0.15, 0.2) is 5.38 Å². The van der Waals surface area contributed by atoms with Gasteiger partial charge in [-0.1, -0.05) is 13.8 Å². The van der Waals surface area contributed by atoms with Crippen LogP contribution in [0.25, 0.3) is 0 Å². The maximum atomic E-state index is 12.0. The second-order valence-electron chi connectivity index (χ2n) is 4.74. The molecule has 1 saturated heterocycles. The Morgan fingerprint density at radius 1 is 1.50 bits per heavy atom. The molecule has 2 N–H and O–H groups in total. The summed E-state index contributed by atoms with van der Waals surface area (Å²) in [5, 5.41) is 8.97. The van der Waals surface area contributed by atoms with E-state index >= 15 is 0 Å². The molecule has 2 heterocycles. The van der Waals surface area contributed by atoms with Gasteiger partial charge in [-0.25, -0.2) is 4.98 Å². The van der Waals surface area contributed by atoms with E-state index < -0.39 is 0 Å². The number of nitrogens with zero attached hydrogens (tertiary/aromatic N) is 1. The Hall–Kier alpha value is -0.400. The number of carbonyl (C=O) groups excluding carboxylic acids is 1. The maximum absolute atomic E-state index is 12.0. The molecule has 2 unspecified atom stereocenters. The molecule has 1 amide bonds. The van der Waals surface area contributed by atoms with Crippen molar-refractivity contribution in [1.82, 2.24) is 15.6 Å². The Labute approximate surface area is 135 Å². The third-order valence-corrected chi connectivity index (χ3v) is 4.17. The molecular formula is C12H21Cl2N3O2S. The van der Waals surface area contributed by atoms with E-state index in [1.54, 1.807) is 7.11 Å². The number of aromatic nitrogens is 1. The van der Waals surface area contributed by atoms with Crippen molar-refractivity contribution < 1.29 is 9.53 Å². The number of amides is 1. The molecule has 1 aromatic heterocycles. The lowest BCUT2D eigenvalue weighted by atomic mass is 10.2. The third-order valence-electron chi connectivity index (χ3n) is 3.03. The third kappa shape index (κ3) is 4.56. The smallest absolute Gasteiger partial charge is 0.271 e. The molecule has 20 heavy (non-hydrogen) atoms. The van der Waals surface area contributed by atoms with E-state index in [1.807, 2.05) is 5.38 Å². The summed E-state index contributed by atoms with van der Waals surface area (Å²) in [6.45, 7) is 5.66. The van der Waals surface area contributed by atoms with Crippen molar-refractivity contribution in [2.75, 3.05) is 20.2 Å². The molecule has 0 bridgehead atoms. The number of nitrogens with one attached hydrogen (secondary N) is 2. The van der Waals surface area contributed by atoms with Gasteiger partial charge in [-0.3, -0.25) is 4.79 Å². The first-order valence-electron chi connectivity index (χ1n) is 6.11. The van der Waals surface area contributed by atoms with E-state index in [4.69, 9.17) is 4.74 Å². The van der Waals surface area contributed by atoms with Gasteiger partial charge in [-0.2, -0.15) is 0 Å². The van der Waals surface area contributed by atoms with Crippen molar-refractivity contribution in [2.45, 2.75) is 31.9 Å². The Morgan fingerprint density at radius 2 is 2.20 bits per heavy atom. The first-order valence-corrected chi connectivity index (χ1v) is 6.99. The van der Waals surface area contributed by atoms with Crippen LogP contribution in [0.4, 0.5) is 0 Å². The Kier molecular flexibility index (Phi) is 8.62. The first kappa shape index (κ1) is 19.6. The van der Waals surface area contributed by atoms with Gasteiger partial charge in [0.1, 0.15) is 5.69 Å². The van der Waals surface area contributed by atoms with Crippen LogP contribution < -0.4 is 10.6 Å². The van der Waals surface area contributed by atoms with Crippen molar-refractivity contribution in [3.8, 4) is 0 Å². The van der Waals surface area contributed by atoms with Crippen LogP contribution >= 0.6 is 36.2 Å². The van der Waals surface area contributed by atoms with Crippen LogP contribution in [-0.4, -0.2) is 43.2 Å². The lowest BCUT2D eigenvalue weighted by Crippen LogP contribution is -2.43. The van der Waals surface area contributed by atoms with Crippen molar-refractivity contribution >= 4 is 42.1 Å². The number of hydrogen-bond acceptors (Lipinski definition) is 5. The Bertz CT molecular complexity index is 429. The predicted octanol–water partition coefficient (Wildman–Crippen LogP) is 1.83. The molecular weight excluding hydrogens is 321 g/mol. The van der Waals surface area contributed by atoms with Crippen LogP contribution in [-0.2, 0) is 4.74 Å². The molecule has 0 aromatic carbocycles. The summed E-state index contributed by atoms with van der Waals surface area (Å²) in [4.78, 5) is 16.4. The number of hydrogen-bond donors (Lipinski definition) is 2. The van der Waals surface area contributed by atoms with E-state index in [-0.39, 0.29) is 42.9 Å². The van der Waals surface area contributed by atoms with E-state index in [0.717, 1.165) is 18.1 Å². The van der Waals surface area contributed by atoms with Crippen molar-refractivity contribution in [2.24, 2.45) is 0 Å². The normalized spacial score (nSPS) is 21.2. The first-order chi connectivity index (χ1) is 8.61. The summed E-state index contributed by atoms with van der Waals surface area (Å²) in [6, 6.07) is 0.0201. The highest BCUT2D eigenvalue weighted by molar-refractivity contribution is 7.09. The van der Waals surface area contributed by atoms with Gasteiger partial charge < -0.3 is 15.4 Å². The summed E-state index contributed by atoms with van der Waals surface area (Å²) in [6.07, 6.45) is 0.0390. The number of rotatable bonds is 4. The SMILES string of the molecule is COC1CNCC1NC(=O)c1csc(C(C)C)n1.Cl.Cl. The maximum Gasteiger partial charge on any atom is 0.271 e. The van der Waals surface area contributed by atoms with Gasteiger partial charge in [0.15, 0.2) is 0 Å². The largest absolute Gasteiger partial charge is 0.378 e. The summed E-state index contributed by atoms with van der Waals surface area (Å²) >= 11 is 1.53. The minimum absolute atomic E-state index is 0. The Morgan fingerprint density at radius 3 is 2.75 bits per heavy atom. The molecule has 0 saturated carbocycles. The minimum Gasteiger partial charge on any atom is -0.378 e. The molecule has 1 aliphatic rings. The average molecular weight is 342 g/mol.